The molecule has 37 heavy (non-hydrogen) atoms. The number of H-pyrrole nitrogens is 2. The number of hydrogen-bond acceptors (Lipinski definition) is 13. The van der Waals surface area contributed by atoms with Crippen LogP contribution in [0.4, 0.5) is 0 Å². The van der Waals surface area contributed by atoms with E-state index in [-0.39, 0.29) is 11.3 Å². The molecule has 2 saturated heterocycles. The van der Waals surface area contributed by atoms with Gasteiger partial charge in [-0.3, -0.25) is 28.7 Å². The minimum atomic E-state index is -1.41. The van der Waals surface area contributed by atoms with Gasteiger partial charge < -0.3 is 44.8 Å². The van der Waals surface area contributed by atoms with Crippen molar-refractivity contribution in [3.8, 4) is 5.75 Å². The van der Waals surface area contributed by atoms with Gasteiger partial charge >= 0.3 is 11.4 Å². The number of rotatable bonds is 5. The van der Waals surface area contributed by atoms with Gasteiger partial charge in [0.15, 0.2) is 12.5 Å². The summed E-state index contributed by atoms with van der Waals surface area (Å²) < 4.78 is 17.0. The molecule has 17 nitrogen and oxygen atoms in total. The van der Waals surface area contributed by atoms with Gasteiger partial charge in [0.05, 0.1) is 26.5 Å². The molecular weight excluding hydrogens is 504 g/mol. The van der Waals surface area contributed by atoms with Gasteiger partial charge in [-0.1, -0.05) is 0 Å². The summed E-state index contributed by atoms with van der Waals surface area (Å²) in [6, 6.07) is 0. The number of nitrogens with one attached hydrogen (secondary N) is 2. The number of aliphatic hydroxyl groups excluding tert-OH is 6. The second-order valence-corrected chi connectivity index (χ2v) is 8.30. The molecule has 2 aromatic heterocycles. The van der Waals surface area contributed by atoms with Gasteiger partial charge in [-0.25, -0.2) is 9.59 Å². The van der Waals surface area contributed by atoms with Gasteiger partial charge in [0.2, 0.25) is 5.75 Å². The molecule has 0 spiro atoms. The van der Waals surface area contributed by atoms with E-state index in [0.29, 0.717) is 0 Å². The molecule has 2 aliphatic rings. The molecule has 0 aliphatic carbocycles. The topological polar surface area (TPSA) is 259 Å². The molecule has 0 radical (unpaired) electrons. The number of ether oxygens (including phenoxy) is 3. The Labute approximate surface area is 206 Å². The minimum absolute atomic E-state index is 0.141. The molecule has 0 bridgehead atoms. The second kappa shape index (κ2) is 11.5. The first-order valence-corrected chi connectivity index (χ1v) is 10.9. The average molecular weight is 532 g/mol. The zero-order chi connectivity index (χ0) is 27.6. The number of aromatic amines is 2. The molecule has 4 heterocycles. The van der Waals surface area contributed by atoms with Crippen molar-refractivity contribution in [3.05, 3.63) is 59.6 Å². The van der Waals surface area contributed by atoms with Crippen molar-refractivity contribution in [1.29, 1.82) is 0 Å². The molecule has 4 rings (SSSR count). The maximum absolute atomic E-state index is 11.7. The first-order chi connectivity index (χ1) is 17.4. The molecule has 0 unspecified atom stereocenters. The Kier molecular flexibility index (Phi) is 8.82. The standard InChI is InChI=1S/C10H14N2O7.C10H14N2O6/c1-18-4-2-12(10(17)11-8(4)16)9-7(15)6(14)5(3-13)19-9;1-4-2-12(10(17)11-8(4)16)9-7(15)6(14)5(3-13)18-9/h2,5-7,9,13-15H,3H2,1H3,(H,11,16,17);2,5-7,9,13-15H,3H2,1H3,(H,11,16,17)/t2*5-,6-,7-,9-/m11/s1. The summed E-state index contributed by atoms with van der Waals surface area (Å²) >= 11 is 0. The number of hydrogen-bond donors (Lipinski definition) is 8. The van der Waals surface area contributed by atoms with Crippen LogP contribution in [0.15, 0.2) is 31.6 Å². The quantitative estimate of drug-likeness (QED) is 0.179. The van der Waals surface area contributed by atoms with Crippen LogP contribution in [0.1, 0.15) is 18.0 Å². The highest BCUT2D eigenvalue weighted by atomic mass is 16.6. The van der Waals surface area contributed by atoms with E-state index in [1.165, 1.54) is 20.2 Å². The largest absolute Gasteiger partial charge is 0.490 e. The van der Waals surface area contributed by atoms with Crippen LogP contribution in [0.3, 0.4) is 0 Å². The van der Waals surface area contributed by atoms with E-state index < -0.39 is 84.8 Å². The van der Waals surface area contributed by atoms with Crippen molar-refractivity contribution in [2.75, 3.05) is 20.3 Å². The Morgan fingerprint density at radius 3 is 1.62 bits per heavy atom. The first kappa shape index (κ1) is 28.4. The molecule has 206 valence electrons. The molecule has 0 amide bonds. The molecule has 0 aromatic carbocycles. The molecule has 8 N–H and O–H groups in total. The number of aromatic nitrogens is 4. The van der Waals surface area contributed by atoms with E-state index >= 15 is 0 Å². The van der Waals surface area contributed by atoms with Gasteiger partial charge in [0.25, 0.3) is 11.1 Å². The fourth-order valence-corrected chi connectivity index (χ4v) is 3.80. The Morgan fingerprint density at radius 1 is 0.784 bits per heavy atom. The molecule has 2 aliphatic heterocycles. The number of methoxy groups -OCH3 is 1. The fraction of sp³-hybridized carbons (Fsp3) is 0.600. The van der Waals surface area contributed by atoms with Gasteiger partial charge in [0, 0.05) is 11.8 Å². The summed E-state index contributed by atoms with van der Waals surface area (Å²) in [5.41, 5.74) is -2.54. The third kappa shape index (κ3) is 5.58. The third-order valence-corrected chi connectivity index (χ3v) is 5.88. The lowest BCUT2D eigenvalue weighted by molar-refractivity contribution is -0.0552. The molecule has 0 saturated carbocycles. The number of nitrogens with zero attached hydrogens (tertiary/aromatic N) is 2. The summed E-state index contributed by atoms with van der Waals surface area (Å²) in [6.45, 7) is 0.506. The SMILES string of the molecule is COc1cn([C@@H]2O[C@H](CO)[C@@H](O)[C@H]2O)c(=O)[nH]c1=O.Cc1cn([C@@H]2O[C@H](CO)[C@@H](O)[C@H]2O)c(=O)[nH]c1=O. The summed E-state index contributed by atoms with van der Waals surface area (Å²) in [5.74, 6) is -0.141. The Hall–Kier alpha value is -3.16. The Balaban J connectivity index is 0.000000206. The normalized spacial score (nSPS) is 31.1. The van der Waals surface area contributed by atoms with Crippen molar-refractivity contribution in [3.63, 3.8) is 0 Å². The summed E-state index contributed by atoms with van der Waals surface area (Å²) in [6.07, 6.45) is -7.42. The van der Waals surface area contributed by atoms with Gasteiger partial charge in [0.1, 0.15) is 36.6 Å². The average Bonchev–Trinajstić information content (AvgIpc) is 3.31. The predicted octanol–water partition coefficient (Wildman–Crippen LogP) is -5.39. The highest BCUT2D eigenvalue weighted by Crippen LogP contribution is 2.29. The monoisotopic (exact) mass is 532 g/mol. The van der Waals surface area contributed by atoms with Gasteiger partial charge in [-0.05, 0) is 6.92 Å². The van der Waals surface area contributed by atoms with E-state index in [1.54, 1.807) is 0 Å². The highest BCUT2D eigenvalue weighted by Gasteiger charge is 2.44. The molecule has 2 aromatic rings. The number of aliphatic hydroxyl groups is 6. The molecule has 8 atom stereocenters. The Morgan fingerprint density at radius 2 is 1.22 bits per heavy atom. The van der Waals surface area contributed by atoms with Crippen LogP contribution in [0.2, 0.25) is 0 Å². The van der Waals surface area contributed by atoms with E-state index in [4.69, 9.17) is 24.4 Å². The lowest BCUT2D eigenvalue weighted by Gasteiger charge is -2.17. The molecule has 2 fully saturated rings. The van der Waals surface area contributed by atoms with E-state index in [9.17, 15) is 39.6 Å². The van der Waals surface area contributed by atoms with Crippen molar-refractivity contribution in [2.24, 2.45) is 0 Å². The van der Waals surface area contributed by atoms with Crippen LogP contribution in [-0.4, -0.2) is 107 Å². The van der Waals surface area contributed by atoms with E-state index in [0.717, 1.165) is 15.3 Å². The maximum Gasteiger partial charge on any atom is 0.330 e. The highest BCUT2D eigenvalue weighted by molar-refractivity contribution is 5.12. The number of aryl methyl sites for hydroxylation is 1. The van der Waals surface area contributed by atoms with Crippen LogP contribution in [0.25, 0.3) is 0 Å². The smallest absolute Gasteiger partial charge is 0.330 e. The fourth-order valence-electron chi connectivity index (χ4n) is 3.80. The van der Waals surface area contributed by atoms with Crippen LogP contribution in [0, 0.1) is 6.92 Å². The van der Waals surface area contributed by atoms with Crippen LogP contribution < -0.4 is 27.2 Å². The van der Waals surface area contributed by atoms with Crippen molar-refractivity contribution in [1.82, 2.24) is 19.1 Å². The molecular formula is C20H28N4O13. The van der Waals surface area contributed by atoms with Crippen molar-refractivity contribution < 1.29 is 44.8 Å². The first-order valence-electron chi connectivity index (χ1n) is 10.9. The zero-order valence-electron chi connectivity index (χ0n) is 19.6. The maximum atomic E-state index is 11.7. The third-order valence-electron chi connectivity index (χ3n) is 5.88. The van der Waals surface area contributed by atoms with Crippen LogP contribution in [0.5, 0.6) is 5.75 Å². The minimum Gasteiger partial charge on any atom is -0.490 e. The van der Waals surface area contributed by atoms with Crippen LogP contribution >= 0.6 is 0 Å². The predicted molar refractivity (Wildman–Crippen MR) is 120 cm³/mol. The van der Waals surface area contributed by atoms with Crippen molar-refractivity contribution in [2.45, 2.75) is 56.0 Å². The molecule has 17 heteroatoms. The lowest BCUT2D eigenvalue weighted by atomic mass is 10.1. The lowest BCUT2D eigenvalue weighted by Crippen LogP contribution is -2.38. The van der Waals surface area contributed by atoms with E-state index in [1.807, 2.05) is 4.98 Å². The Bertz CT molecular complexity index is 1320. The van der Waals surface area contributed by atoms with Crippen LogP contribution in [-0.2, 0) is 9.47 Å². The zero-order valence-corrected chi connectivity index (χ0v) is 19.6. The summed E-state index contributed by atoms with van der Waals surface area (Å²) in [4.78, 5) is 49.9. The summed E-state index contributed by atoms with van der Waals surface area (Å²) in [5, 5.41) is 56.7. The summed E-state index contributed by atoms with van der Waals surface area (Å²) in [7, 11) is 1.25. The second-order valence-electron chi connectivity index (χ2n) is 8.30. The van der Waals surface area contributed by atoms with Gasteiger partial charge in [-0.15, -0.1) is 0 Å². The van der Waals surface area contributed by atoms with Crippen molar-refractivity contribution >= 4 is 0 Å². The van der Waals surface area contributed by atoms with Gasteiger partial charge in [-0.2, -0.15) is 0 Å². The van der Waals surface area contributed by atoms with E-state index in [2.05, 4.69) is 4.98 Å².